The van der Waals surface area contributed by atoms with Crippen LogP contribution in [0.15, 0.2) is 64.6 Å². The number of benzene rings is 2. The molecule has 152 valence electrons. The lowest BCUT2D eigenvalue weighted by atomic mass is 9.99. The van der Waals surface area contributed by atoms with E-state index < -0.39 is 39.0 Å². The third kappa shape index (κ3) is 5.13. The van der Waals surface area contributed by atoms with E-state index >= 15 is 0 Å². The van der Waals surface area contributed by atoms with Crippen LogP contribution in [0.4, 0.5) is 4.79 Å². The van der Waals surface area contributed by atoms with E-state index in [0.29, 0.717) is 0 Å². The van der Waals surface area contributed by atoms with Crippen LogP contribution in [0.25, 0.3) is 10.4 Å². The van der Waals surface area contributed by atoms with Crippen molar-refractivity contribution in [2.45, 2.75) is 36.1 Å². The molecule has 2 aromatic rings. The van der Waals surface area contributed by atoms with Gasteiger partial charge in [0.2, 0.25) is 0 Å². The summed E-state index contributed by atoms with van der Waals surface area (Å²) in [5.41, 5.74) is 15.0. The Morgan fingerprint density at radius 3 is 2.21 bits per heavy atom. The van der Waals surface area contributed by atoms with Crippen molar-refractivity contribution >= 4 is 21.7 Å². The number of sulfone groups is 1. The minimum Gasteiger partial charge on any atom is -0.352 e. The molecule has 3 atom stereocenters. The Morgan fingerprint density at radius 2 is 1.69 bits per heavy atom. The van der Waals surface area contributed by atoms with Crippen molar-refractivity contribution in [2.75, 3.05) is 0 Å². The average molecular weight is 415 g/mol. The van der Waals surface area contributed by atoms with E-state index in [1.807, 2.05) is 0 Å². The molecule has 9 nitrogen and oxygen atoms in total. The number of hydrogen-bond donors (Lipinski definition) is 2. The van der Waals surface area contributed by atoms with Crippen molar-refractivity contribution < 1.29 is 18.0 Å². The molecule has 0 aromatic heterocycles. The lowest BCUT2D eigenvalue weighted by Crippen LogP contribution is -2.56. The van der Waals surface area contributed by atoms with Crippen molar-refractivity contribution in [1.82, 2.24) is 5.32 Å². The number of Topliss-reactive ketones (excluding diaryl/α,β-unsaturated/α-hetero) is 1. The number of azide groups is 1. The Kier molecular flexibility index (Phi) is 6.98. The number of amides is 2. The number of carbonyl (C=O) groups excluding carboxylic acids is 2. The smallest absolute Gasteiger partial charge is 0.312 e. The van der Waals surface area contributed by atoms with Crippen LogP contribution in [-0.4, -0.2) is 37.6 Å². The number of aryl methyl sites for hydroxylation is 1. The Hall–Kier alpha value is -3.36. The molecule has 0 aliphatic rings. The maximum absolute atomic E-state index is 13.4. The number of nitrogens with zero attached hydrogens (tertiary/aromatic N) is 3. The summed E-state index contributed by atoms with van der Waals surface area (Å²) in [7, 11) is -4.28. The first-order valence-corrected chi connectivity index (χ1v) is 10.2. The summed E-state index contributed by atoms with van der Waals surface area (Å²) in [6, 6.07) is 10.3. The molecular formula is C19H21N5O4S. The van der Waals surface area contributed by atoms with Gasteiger partial charge in [0.05, 0.1) is 17.0 Å². The highest BCUT2D eigenvalue weighted by atomic mass is 32.2. The summed E-state index contributed by atoms with van der Waals surface area (Å²) >= 11 is 0. The lowest BCUT2D eigenvalue weighted by Gasteiger charge is -2.29. The van der Waals surface area contributed by atoms with Crippen LogP contribution in [0.2, 0.25) is 0 Å². The van der Waals surface area contributed by atoms with E-state index in [1.165, 1.54) is 31.2 Å². The van der Waals surface area contributed by atoms with Gasteiger partial charge in [-0.25, -0.2) is 13.2 Å². The minimum absolute atomic E-state index is 0.0956. The summed E-state index contributed by atoms with van der Waals surface area (Å²) in [6.07, 6.45) is 0. The fraction of sp³-hybridized carbons (Fsp3) is 0.263. The van der Waals surface area contributed by atoms with Crippen LogP contribution in [-0.2, 0) is 9.84 Å². The van der Waals surface area contributed by atoms with Crippen molar-refractivity contribution in [1.29, 1.82) is 0 Å². The normalized spacial score (nSPS) is 14.1. The first-order valence-electron chi connectivity index (χ1n) is 8.68. The van der Waals surface area contributed by atoms with Gasteiger partial charge < -0.3 is 11.1 Å². The van der Waals surface area contributed by atoms with E-state index in [1.54, 1.807) is 37.3 Å². The highest BCUT2D eigenvalue weighted by molar-refractivity contribution is 7.93. The van der Waals surface area contributed by atoms with E-state index in [0.717, 1.165) is 5.56 Å². The van der Waals surface area contributed by atoms with Crippen LogP contribution in [0.3, 0.4) is 0 Å². The quantitative estimate of drug-likeness (QED) is 0.294. The summed E-state index contributed by atoms with van der Waals surface area (Å²) in [5.74, 6) is -0.745. The molecule has 0 aliphatic heterocycles. The predicted octanol–water partition coefficient (Wildman–Crippen LogP) is 2.76. The molecule has 3 unspecified atom stereocenters. The van der Waals surface area contributed by atoms with Gasteiger partial charge in [0.25, 0.3) is 0 Å². The summed E-state index contributed by atoms with van der Waals surface area (Å²) < 4.78 is 26.9. The average Bonchev–Trinajstić information content (AvgIpc) is 2.68. The Balaban J connectivity index is 2.69. The Labute approximate surface area is 168 Å². The maximum atomic E-state index is 13.4. The number of nitrogens with one attached hydrogen (secondary N) is 1. The summed E-state index contributed by atoms with van der Waals surface area (Å²) in [4.78, 5) is 27.4. The molecule has 2 rings (SSSR count). The molecule has 2 aromatic carbocycles. The number of hydrogen-bond acceptors (Lipinski definition) is 5. The number of urea groups is 1. The van der Waals surface area contributed by atoms with Crippen LogP contribution in [0.1, 0.15) is 22.8 Å². The van der Waals surface area contributed by atoms with Crippen LogP contribution in [0, 0.1) is 6.92 Å². The van der Waals surface area contributed by atoms with Crippen LogP contribution < -0.4 is 11.1 Å². The van der Waals surface area contributed by atoms with Gasteiger partial charge in [-0.2, -0.15) is 0 Å². The minimum atomic E-state index is -4.28. The van der Waals surface area contributed by atoms with Gasteiger partial charge in [0.15, 0.2) is 15.6 Å². The van der Waals surface area contributed by atoms with Crippen LogP contribution >= 0.6 is 0 Å². The van der Waals surface area contributed by atoms with Crippen molar-refractivity contribution in [2.24, 2.45) is 10.8 Å². The van der Waals surface area contributed by atoms with E-state index in [-0.39, 0.29) is 10.5 Å². The maximum Gasteiger partial charge on any atom is 0.312 e. The molecule has 2 amide bonds. The van der Waals surface area contributed by atoms with Gasteiger partial charge >= 0.3 is 6.03 Å². The fourth-order valence-electron chi connectivity index (χ4n) is 2.91. The topological polar surface area (TPSA) is 155 Å². The van der Waals surface area contributed by atoms with Gasteiger partial charge in [-0.05, 0) is 24.6 Å². The van der Waals surface area contributed by atoms with E-state index in [4.69, 9.17) is 11.3 Å². The second-order valence-corrected chi connectivity index (χ2v) is 8.56. The first-order chi connectivity index (χ1) is 13.7. The standard InChI is InChI=1S/C19H21N5O4S/c1-12-8-10-15(11-9-12)29(27,28)18(17(25)14-6-4-3-5-7-14)16(22-19(20)26)13(2)23-24-21/h3-11,13,16,18H,1-2H3,(H3,20,22,26). The molecule has 0 radical (unpaired) electrons. The molecule has 0 saturated carbocycles. The highest BCUT2D eigenvalue weighted by Gasteiger charge is 2.43. The molecule has 10 heteroatoms. The van der Waals surface area contributed by atoms with Crippen molar-refractivity contribution in [3.05, 3.63) is 76.2 Å². The fourth-order valence-corrected chi connectivity index (χ4v) is 4.81. The number of ketones is 1. The van der Waals surface area contributed by atoms with Crippen molar-refractivity contribution in [3.63, 3.8) is 0 Å². The van der Waals surface area contributed by atoms with E-state index in [9.17, 15) is 18.0 Å². The van der Waals surface area contributed by atoms with E-state index in [2.05, 4.69) is 15.3 Å². The van der Waals surface area contributed by atoms with Gasteiger partial charge in [-0.1, -0.05) is 60.1 Å². The monoisotopic (exact) mass is 415 g/mol. The van der Waals surface area contributed by atoms with Crippen molar-refractivity contribution in [3.8, 4) is 0 Å². The molecule has 0 aliphatic carbocycles. The largest absolute Gasteiger partial charge is 0.352 e. The molecule has 3 N–H and O–H groups in total. The third-order valence-electron chi connectivity index (χ3n) is 4.39. The zero-order chi connectivity index (χ0) is 21.6. The Morgan fingerprint density at radius 1 is 1.10 bits per heavy atom. The molecule has 0 heterocycles. The molecule has 29 heavy (non-hydrogen) atoms. The highest BCUT2D eigenvalue weighted by Crippen LogP contribution is 2.25. The second kappa shape index (κ2) is 9.22. The number of carbonyl (C=O) groups is 2. The van der Waals surface area contributed by atoms with Gasteiger partial charge in [-0.3, -0.25) is 4.79 Å². The third-order valence-corrected chi connectivity index (χ3v) is 6.49. The SMILES string of the molecule is Cc1ccc(S(=O)(=O)C(C(=O)c2ccccc2)C(NC(N)=O)C(C)N=[N+]=[N-])cc1. The van der Waals surface area contributed by atoms with Crippen LogP contribution in [0.5, 0.6) is 0 Å². The van der Waals surface area contributed by atoms with Gasteiger partial charge in [0.1, 0.15) is 5.25 Å². The number of primary amides is 1. The second-order valence-electron chi connectivity index (χ2n) is 6.49. The number of rotatable bonds is 8. The zero-order valence-electron chi connectivity index (χ0n) is 15.9. The van der Waals surface area contributed by atoms with Gasteiger partial charge in [-0.15, -0.1) is 0 Å². The summed E-state index contributed by atoms with van der Waals surface area (Å²) in [5, 5.41) is 4.02. The lowest BCUT2D eigenvalue weighted by molar-refractivity contribution is 0.0971. The van der Waals surface area contributed by atoms with Gasteiger partial charge in [0, 0.05) is 10.5 Å². The molecular weight excluding hydrogens is 394 g/mol. The summed E-state index contributed by atoms with van der Waals surface area (Å²) in [6.45, 7) is 3.19. The Bertz CT molecular complexity index is 1030. The molecule has 0 bridgehead atoms. The number of nitrogens with two attached hydrogens (primary N) is 1. The molecule has 0 spiro atoms. The molecule has 0 saturated heterocycles. The predicted molar refractivity (Wildman–Crippen MR) is 108 cm³/mol. The molecule has 0 fully saturated rings. The first kappa shape index (κ1) is 21.9. The zero-order valence-corrected chi connectivity index (χ0v) is 16.7.